The fourth-order valence-electron chi connectivity index (χ4n) is 11.0. The smallest absolute Gasteiger partial charge is 0.0738 e. The molecule has 0 radical (unpaired) electrons. The second-order valence-corrected chi connectivity index (χ2v) is 20.4. The maximum atomic E-state index is 5.70. The van der Waals surface area contributed by atoms with Crippen molar-refractivity contribution in [3.63, 3.8) is 0 Å². The summed E-state index contributed by atoms with van der Waals surface area (Å²) in [7, 11) is 0. The van der Waals surface area contributed by atoms with Gasteiger partial charge in [-0.1, -0.05) is 105 Å². The van der Waals surface area contributed by atoms with Crippen LogP contribution in [0.1, 0.15) is 198 Å². The number of aromatic nitrogens is 8. The van der Waals surface area contributed by atoms with Crippen LogP contribution in [0.4, 0.5) is 0 Å². The van der Waals surface area contributed by atoms with E-state index >= 15 is 0 Å². The first kappa shape index (κ1) is 48.8. The van der Waals surface area contributed by atoms with Gasteiger partial charge in [0.05, 0.1) is 45.6 Å². The summed E-state index contributed by atoms with van der Waals surface area (Å²) in [6.07, 6.45) is 40.3. The third kappa shape index (κ3) is 11.0. The molecule has 8 nitrogen and oxygen atoms in total. The number of H-pyrrole nitrogens is 4. The molecule has 0 fully saturated rings. The highest BCUT2D eigenvalue weighted by Gasteiger charge is 2.22. The number of hydrogen-bond donors (Lipinski definition) is 4. The van der Waals surface area contributed by atoms with Crippen LogP contribution in [0, 0.1) is 0 Å². The monoisotopic (exact) mass is 955 g/mol. The van der Waals surface area contributed by atoms with Crippen molar-refractivity contribution in [1.82, 2.24) is 39.9 Å². The molecule has 6 aromatic heterocycles. The number of nitrogens with one attached hydrogen (secondary N) is 4. The Kier molecular flexibility index (Phi) is 15.7. The molecular formula is C64H74N8. The zero-order valence-corrected chi connectivity index (χ0v) is 43.3. The number of nitrogens with zero attached hydrogens (tertiary/aromatic N) is 4. The number of aryl methyl sites for hydroxylation is 4. The largest absolute Gasteiger partial charge is 0.355 e. The molecule has 0 unspecified atom stereocenters. The quantitative estimate of drug-likeness (QED) is 0.0537. The van der Waals surface area contributed by atoms with Gasteiger partial charge in [0.15, 0.2) is 0 Å². The summed E-state index contributed by atoms with van der Waals surface area (Å²) in [6, 6.07) is 22.3. The lowest BCUT2D eigenvalue weighted by Crippen LogP contribution is -1.95. The molecule has 8 heteroatoms. The molecule has 16 bridgehead atoms. The molecule has 370 valence electrons. The maximum Gasteiger partial charge on any atom is 0.0738 e. The van der Waals surface area contributed by atoms with Crippen LogP contribution in [0.3, 0.4) is 0 Å². The average molecular weight is 955 g/mol. The highest BCUT2D eigenvalue weighted by molar-refractivity contribution is 6.01. The summed E-state index contributed by atoms with van der Waals surface area (Å²) in [5.41, 5.74) is 23.3. The molecule has 10 rings (SSSR count). The number of fused-ring (bicyclic) bond motifs is 16. The third-order valence-corrected chi connectivity index (χ3v) is 15.0. The Morgan fingerprint density at radius 3 is 0.972 bits per heavy atom. The second kappa shape index (κ2) is 23.2. The van der Waals surface area contributed by atoms with Crippen molar-refractivity contribution < 1.29 is 0 Å². The molecule has 0 saturated carbocycles. The summed E-state index contributed by atoms with van der Waals surface area (Å²) < 4.78 is 0. The fourth-order valence-corrected chi connectivity index (χ4v) is 11.0. The van der Waals surface area contributed by atoms with Gasteiger partial charge in [-0.05, 0) is 161 Å². The normalized spacial score (nSPS) is 12.8. The van der Waals surface area contributed by atoms with Crippen molar-refractivity contribution in [3.05, 3.63) is 128 Å². The summed E-state index contributed by atoms with van der Waals surface area (Å²) in [5.74, 6) is 0. The standard InChI is InChI=1S/C64H74N8/c1-5-9-13-17-21-47-51-29-25-43(65-51)41-44-26-30-52(66-44)48(22-18-14-10-6-2)56-34-38-60(70-56)63(59-37-33-55(47)69-59)64-61-39-35-57(71-61)49(23-19-15-11-7-3)53-31-27-45(67-53)42-46-28-32-54(68-46)50(24-20-16-12-8-4)58-36-40-62(64)72-58/h25-42,65,67,70,72H,5-24H2,1-4H3. The van der Waals surface area contributed by atoms with E-state index in [1.165, 1.54) is 99.3 Å². The van der Waals surface area contributed by atoms with E-state index in [0.717, 1.165) is 152 Å². The van der Waals surface area contributed by atoms with Gasteiger partial charge in [-0.15, -0.1) is 0 Å². The Balaban J connectivity index is 1.31. The second-order valence-electron chi connectivity index (χ2n) is 20.4. The maximum absolute atomic E-state index is 5.70. The summed E-state index contributed by atoms with van der Waals surface area (Å²) >= 11 is 0. The van der Waals surface area contributed by atoms with Gasteiger partial charge in [0, 0.05) is 77.5 Å². The Labute approximate surface area is 426 Å². The van der Waals surface area contributed by atoms with Crippen molar-refractivity contribution in [2.24, 2.45) is 0 Å². The van der Waals surface area contributed by atoms with Gasteiger partial charge >= 0.3 is 0 Å². The van der Waals surface area contributed by atoms with E-state index in [0.29, 0.717) is 0 Å². The zero-order valence-electron chi connectivity index (χ0n) is 43.3. The fraction of sp³-hybridized carbons (Fsp3) is 0.375. The molecule has 0 aromatic carbocycles. The molecule has 4 N–H and O–H groups in total. The Morgan fingerprint density at radius 2 is 0.597 bits per heavy atom. The number of hydrogen-bond acceptors (Lipinski definition) is 4. The first-order chi connectivity index (χ1) is 35.5. The number of unbranched alkanes of at least 4 members (excludes halogenated alkanes) is 12. The Bertz CT molecular complexity index is 3130. The summed E-state index contributed by atoms with van der Waals surface area (Å²) in [6.45, 7) is 9.12. The van der Waals surface area contributed by atoms with E-state index in [4.69, 9.17) is 19.9 Å². The number of rotatable bonds is 21. The predicted molar refractivity (Wildman–Crippen MR) is 308 cm³/mol. The first-order valence-electron chi connectivity index (χ1n) is 27.7. The van der Waals surface area contributed by atoms with Crippen molar-refractivity contribution in [3.8, 4) is 11.1 Å². The highest BCUT2D eigenvalue weighted by Crippen LogP contribution is 2.38. The van der Waals surface area contributed by atoms with Gasteiger partial charge < -0.3 is 19.9 Å². The molecule has 0 atom stereocenters. The molecular weight excluding hydrogens is 881 g/mol. The van der Waals surface area contributed by atoms with E-state index in [1.807, 2.05) is 0 Å². The van der Waals surface area contributed by atoms with Crippen molar-refractivity contribution in [2.45, 2.75) is 156 Å². The molecule has 6 aromatic rings. The van der Waals surface area contributed by atoms with Gasteiger partial charge in [-0.2, -0.15) is 0 Å². The molecule has 0 saturated heterocycles. The molecule has 0 aliphatic carbocycles. The lowest BCUT2D eigenvalue weighted by Gasteiger charge is -2.08. The van der Waals surface area contributed by atoms with Gasteiger partial charge in [-0.3, -0.25) is 0 Å². The van der Waals surface area contributed by atoms with E-state index in [2.05, 4.69) is 157 Å². The lowest BCUT2D eigenvalue weighted by molar-refractivity contribution is 0.667. The Hall–Kier alpha value is -6.80. The zero-order chi connectivity index (χ0) is 49.2. The summed E-state index contributed by atoms with van der Waals surface area (Å²) in [5, 5.41) is 0. The minimum absolute atomic E-state index is 0.914. The van der Waals surface area contributed by atoms with Crippen LogP contribution >= 0.6 is 0 Å². The van der Waals surface area contributed by atoms with Crippen LogP contribution in [0.15, 0.2) is 60.7 Å². The van der Waals surface area contributed by atoms with E-state index in [9.17, 15) is 0 Å². The van der Waals surface area contributed by atoms with Crippen LogP contribution in [0.5, 0.6) is 0 Å². The van der Waals surface area contributed by atoms with Crippen molar-refractivity contribution in [1.29, 1.82) is 0 Å². The van der Waals surface area contributed by atoms with Crippen LogP contribution in [-0.2, 0) is 25.7 Å². The average Bonchev–Trinajstić information content (AvgIpc) is 4.23. The predicted octanol–water partition coefficient (Wildman–Crippen LogP) is 17.8. The van der Waals surface area contributed by atoms with Gasteiger partial charge in [0.1, 0.15) is 0 Å². The molecule has 0 amide bonds. The van der Waals surface area contributed by atoms with E-state index in [-0.39, 0.29) is 0 Å². The van der Waals surface area contributed by atoms with Crippen molar-refractivity contribution >= 4 is 92.7 Å². The minimum atomic E-state index is 0.914. The molecule has 0 spiro atoms. The SMILES string of the molecule is CCCCCCc1c2nc(c(-c3c4nc(c(CCCCCC)c5ccc(cc6nc(c(CCCCCC)c7ccc3[nH]7)C=C6)[nH]5)C=C4)c3ccc([nH]3)c(CCCCCC)c3nc(cc4ccc1[nH]4)C=C3)C=C2. The molecule has 4 aliphatic rings. The lowest BCUT2D eigenvalue weighted by atomic mass is 10.0. The van der Waals surface area contributed by atoms with Gasteiger partial charge in [0.2, 0.25) is 0 Å². The molecule has 10 heterocycles. The molecule has 4 aliphatic heterocycles. The van der Waals surface area contributed by atoms with Gasteiger partial charge in [-0.25, -0.2) is 19.9 Å². The first-order valence-corrected chi connectivity index (χ1v) is 27.7. The van der Waals surface area contributed by atoms with Crippen LogP contribution < -0.4 is 0 Å². The molecule has 72 heavy (non-hydrogen) atoms. The minimum Gasteiger partial charge on any atom is -0.355 e. The van der Waals surface area contributed by atoms with E-state index in [1.54, 1.807) is 0 Å². The number of aromatic amines is 4. The van der Waals surface area contributed by atoms with Crippen LogP contribution in [0.2, 0.25) is 0 Å². The van der Waals surface area contributed by atoms with Gasteiger partial charge in [0.25, 0.3) is 0 Å². The van der Waals surface area contributed by atoms with Crippen LogP contribution in [-0.4, -0.2) is 39.9 Å². The topological polar surface area (TPSA) is 115 Å². The summed E-state index contributed by atoms with van der Waals surface area (Å²) in [4.78, 5) is 37.7. The van der Waals surface area contributed by atoms with Crippen molar-refractivity contribution in [2.75, 3.05) is 0 Å². The third-order valence-electron chi connectivity index (χ3n) is 15.0. The van der Waals surface area contributed by atoms with Crippen LogP contribution in [0.25, 0.3) is 104 Å². The van der Waals surface area contributed by atoms with E-state index < -0.39 is 0 Å². The highest BCUT2D eigenvalue weighted by atomic mass is 14.8. The Morgan fingerprint density at radius 1 is 0.292 bits per heavy atom.